The molecule has 1 N–H and O–H groups in total. The first-order valence-electron chi connectivity index (χ1n) is 9.54. The maximum atomic E-state index is 13.2. The van der Waals surface area contributed by atoms with Gasteiger partial charge in [-0.2, -0.15) is 0 Å². The van der Waals surface area contributed by atoms with Crippen molar-refractivity contribution in [1.29, 1.82) is 0 Å². The number of methoxy groups -OCH3 is 1. The Hall–Kier alpha value is -3.79. The normalized spacial score (nSPS) is 16.3. The van der Waals surface area contributed by atoms with E-state index in [1.54, 1.807) is 41.8 Å². The quantitative estimate of drug-likeness (QED) is 0.481. The van der Waals surface area contributed by atoms with Crippen LogP contribution < -0.4 is 14.4 Å². The number of carbonyl (C=O) groups is 2. The Bertz CT molecular complexity index is 1220. The lowest BCUT2D eigenvalue weighted by Crippen LogP contribution is -2.31. The van der Waals surface area contributed by atoms with E-state index in [2.05, 4.69) is 4.74 Å². The molecule has 1 amide bonds. The van der Waals surface area contributed by atoms with Gasteiger partial charge in [-0.15, -0.1) is 24.5 Å². The highest BCUT2D eigenvalue weighted by Gasteiger charge is 2.45. The standard InChI is InChI=1S/C23H16F3NO5S/c1-31-15-9-7-13(8-10-15)19-18(20(28)17-6-3-11-33-17)21(29)22(30)27(19)14-4-2-5-16(12-14)32-23(24,25)26/h2-12,19,29H,1H3. The van der Waals surface area contributed by atoms with Crippen LogP contribution >= 0.6 is 11.3 Å². The molecule has 0 spiro atoms. The Labute approximate surface area is 190 Å². The monoisotopic (exact) mass is 475 g/mol. The van der Waals surface area contributed by atoms with Crippen LogP contribution in [0.3, 0.4) is 0 Å². The smallest absolute Gasteiger partial charge is 0.503 e. The third-order valence-corrected chi connectivity index (χ3v) is 5.83. The second-order valence-corrected chi connectivity index (χ2v) is 7.91. The van der Waals surface area contributed by atoms with Crippen LogP contribution in [0.15, 0.2) is 77.4 Å². The highest BCUT2D eigenvalue weighted by Crippen LogP contribution is 2.43. The molecular formula is C23H16F3NO5S. The number of carbonyl (C=O) groups excluding carboxylic acids is 2. The first-order chi connectivity index (χ1) is 15.7. The Kier molecular flexibility index (Phi) is 5.86. The van der Waals surface area contributed by atoms with Crippen molar-refractivity contribution in [2.24, 2.45) is 0 Å². The van der Waals surface area contributed by atoms with Crippen molar-refractivity contribution in [3.05, 3.63) is 87.8 Å². The largest absolute Gasteiger partial charge is 0.573 e. The summed E-state index contributed by atoms with van der Waals surface area (Å²) >= 11 is 1.14. The van der Waals surface area contributed by atoms with Crippen molar-refractivity contribution >= 4 is 28.7 Å². The molecular weight excluding hydrogens is 459 g/mol. The SMILES string of the molecule is COc1ccc(C2C(C(=O)c3cccs3)=C(O)C(=O)N2c2cccc(OC(F)(F)F)c2)cc1. The Balaban J connectivity index is 1.83. The van der Waals surface area contributed by atoms with Crippen LogP contribution in [0.1, 0.15) is 21.3 Å². The van der Waals surface area contributed by atoms with E-state index in [-0.39, 0.29) is 11.3 Å². The second-order valence-electron chi connectivity index (χ2n) is 6.96. The molecule has 4 rings (SSSR count). The molecule has 1 atom stereocenters. The van der Waals surface area contributed by atoms with Crippen LogP contribution in [0.4, 0.5) is 18.9 Å². The number of ether oxygens (including phenoxy) is 2. The van der Waals surface area contributed by atoms with Gasteiger partial charge in [0.2, 0.25) is 5.78 Å². The van der Waals surface area contributed by atoms with E-state index in [0.29, 0.717) is 16.2 Å². The van der Waals surface area contributed by atoms with Gasteiger partial charge >= 0.3 is 6.36 Å². The summed E-state index contributed by atoms with van der Waals surface area (Å²) in [5.41, 5.74) is 0.299. The highest BCUT2D eigenvalue weighted by molar-refractivity contribution is 7.12. The molecule has 6 nitrogen and oxygen atoms in total. The molecule has 0 fully saturated rings. The zero-order chi connectivity index (χ0) is 23.8. The minimum atomic E-state index is -4.93. The molecule has 10 heteroatoms. The van der Waals surface area contributed by atoms with Gasteiger partial charge in [0, 0.05) is 11.8 Å². The number of hydrogen-bond donors (Lipinski definition) is 1. The van der Waals surface area contributed by atoms with Gasteiger partial charge in [0.15, 0.2) is 5.76 Å². The summed E-state index contributed by atoms with van der Waals surface area (Å²) < 4.78 is 47.3. The fraction of sp³-hybridized carbons (Fsp3) is 0.130. The van der Waals surface area contributed by atoms with Crippen molar-refractivity contribution in [1.82, 2.24) is 0 Å². The van der Waals surface area contributed by atoms with E-state index < -0.39 is 35.6 Å². The first kappa shape index (κ1) is 22.4. The number of thiophene rings is 1. The Morgan fingerprint density at radius 1 is 1.06 bits per heavy atom. The van der Waals surface area contributed by atoms with Gasteiger partial charge in [0.25, 0.3) is 5.91 Å². The van der Waals surface area contributed by atoms with Crippen molar-refractivity contribution in [2.75, 3.05) is 12.0 Å². The molecule has 1 aromatic heterocycles. The zero-order valence-electron chi connectivity index (χ0n) is 17.0. The summed E-state index contributed by atoms with van der Waals surface area (Å²) in [4.78, 5) is 27.7. The molecule has 0 saturated heterocycles. The van der Waals surface area contributed by atoms with Gasteiger partial charge in [0.1, 0.15) is 11.5 Å². The van der Waals surface area contributed by atoms with Crippen molar-refractivity contribution in [3.8, 4) is 11.5 Å². The number of rotatable bonds is 6. The summed E-state index contributed by atoms with van der Waals surface area (Å²) in [5.74, 6) is -2.26. The third-order valence-electron chi connectivity index (χ3n) is 4.96. The van der Waals surface area contributed by atoms with Crippen LogP contribution in [-0.2, 0) is 4.79 Å². The van der Waals surface area contributed by atoms with Crippen LogP contribution in [0.25, 0.3) is 0 Å². The number of anilines is 1. The highest BCUT2D eigenvalue weighted by atomic mass is 32.1. The summed E-state index contributed by atoms with van der Waals surface area (Å²) in [7, 11) is 1.48. The van der Waals surface area contributed by atoms with Gasteiger partial charge < -0.3 is 14.6 Å². The molecule has 2 aromatic carbocycles. The lowest BCUT2D eigenvalue weighted by Gasteiger charge is -2.27. The van der Waals surface area contributed by atoms with Crippen molar-refractivity contribution in [2.45, 2.75) is 12.4 Å². The molecule has 3 aromatic rings. The van der Waals surface area contributed by atoms with Gasteiger partial charge in [-0.05, 0) is 41.3 Å². The lowest BCUT2D eigenvalue weighted by atomic mass is 9.95. The predicted octanol–water partition coefficient (Wildman–Crippen LogP) is 5.44. The minimum Gasteiger partial charge on any atom is -0.503 e. The minimum absolute atomic E-state index is 0.0168. The van der Waals surface area contributed by atoms with Crippen molar-refractivity contribution < 1.29 is 37.3 Å². The van der Waals surface area contributed by atoms with E-state index in [0.717, 1.165) is 28.4 Å². The van der Waals surface area contributed by atoms with Crippen LogP contribution in [0.5, 0.6) is 11.5 Å². The Morgan fingerprint density at radius 3 is 2.39 bits per heavy atom. The number of halogens is 3. The molecule has 1 unspecified atom stereocenters. The third kappa shape index (κ3) is 4.42. The average molecular weight is 475 g/mol. The van der Waals surface area contributed by atoms with E-state index in [4.69, 9.17) is 4.74 Å². The second kappa shape index (κ2) is 8.62. The number of nitrogens with zero attached hydrogens (tertiary/aromatic N) is 1. The van der Waals surface area contributed by atoms with E-state index in [9.17, 15) is 27.9 Å². The molecule has 2 heterocycles. The fourth-order valence-corrected chi connectivity index (χ4v) is 4.25. The summed E-state index contributed by atoms with van der Waals surface area (Å²) in [6.45, 7) is 0. The molecule has 1 aliphatic rings. The van der Waals surface area contributed by atoms with E-state index >= 15 is 0 Å². The number of aliphatic hydroxyl groups excluding tert-OH is 1. The Morgan fingerprint density at radius 2 is 1.79 bits per heavy atom. The average Bonchev–Trinajstić information content (AvgIpc) is 3.40. The predicted molar refractivity (Wildman–Crippen MR) is 115 cm³/mol. The molecule has 170 valence electrons. The fourth-order valence-electron chi connectivity index (χ4n) is 3.58. The van der Waals surface area contributed by atoms with Gasteiger partial charge in [-0.25, -0.2) is 0 Å². The summed E-state index contributed by atoms with van der Waals surface area (Å²) in [5, 5.41) is 12.4. The lowest BCUT2D eigenvalue weighted by molar-refractivity contribution is -0.274. The van der Waals surface area contributed by atoms with E-state index in [1.807, 2.05) is 0 Å². The molecule has 0 bridgehead atoms. The number of Topliss-reactive ketones (excluding diaryl/α,β-unsaturated/α-hetero) is 1. The number of aliphatic hydroxyl groups is 1. The summed E-state index contributed by atoms with van der Waals surface area (Å²) in [6.07, 6.45) is -4.93. The van der Waals surface area contributed by atoms with E-state index in [1.165, 1.54) is 19.2 Å². The first-order valence-corrected chi connectivity index (χ1v) is 10.4. The van der Waals surface area contributed by atoms with Gasteiger partial charge in [-0.1, -0.05) is 24.3 Å². The van der Waals surface area contributed by atoms with Crippen LogP contribution in [0.2, 0.25) is 0 Å². The number of ketones is 1. The summed E-state index contributed by atoms with van der Waals surface area (Å²) in [6, 6.07) is 13.4. The topological polar surface area (TPSA) is 76.1 Å². The molecule has 0 saturated carbocycles. The van der Waals surface area contributed by atoms with Gasteiger partial charge in [0.05, 0.1) is 23.6 Å². The number of benzene rings is 2. The molecule has 0 aliphatic carbocycles. The number of hydrogen-bond acceptors (Lipinski definition) is 6. The van der Waals surface area contributed by atoms with Crippen LogP contribution in [0, 0.1) is 0 Å². The number of alkyl halides is 3. The molecule has 33 heavy (non-hydrogen) atoms. The van der Waals surface area contributed by atoms with Crippen molar-refractivity contribution in [3.63, 3.8) is 0 Å². The van der Waals surface area contributed by atoms with Crippen LogP contribution in [-0.4, -0.2) is 30.3 Å². The maximum absolute atomic E-state index is 13.2. The molecule has 0 radical (unpaired) electrons. The van der Waals surface area contributed by atoms with Gasteiger partial charge in [-0.3, -0.25) is 14.5 Å². The molecule has 1 aliphatic heterocycles. The maximum Gasteiger partial charge on any atom is 0.573 e. The number of amides is 1. The zero-order valence-corrected chi connectivity index (χ0v) is 17.8.